The van der Waals surface area contributed by atoms with Gasteiger partial charge in [-0.2, -0.15) is 0 Å². The summed E-state index contributed by atoms with van der Waals surface area (Å²) in [7, 11) is 0. The second-order valence-corrected chi connectivity index (χ2v) is 3.11. The van der Waals surface area contributed by atoms with Crippen LogP contribution < -0.4 is 5.73 Å². The van der Waals surface area contributed by atoms with Gasteiger partial charge in [0.25, 0.3) is 0 Å². The van der Waals surface area contributed by atoms with Crippen molar-refractivity contribution in [3.05, 3.63) is 35.4 Å². The van der Waals surface area contributed by atoms with Crippen LogP contribution >= 0.6 is 0 Å². The minimum Gasteiger partial charge on any atom is -0.466 e. The SMILES string of the molecule is CC(=O)OCCc1cccc(CN)c1. The van der Waals surface area contributed by atoms with E-state index in [1.807, 2.05) is 24.3 Å². The molecule has 76 valence electrons. The first kappa shape index (κ1) is 10.7. The lowest BCUT2D eigenvalue weighted by Gasteiger charge is -2.03. The van der Waals surface area contributed by atoms with Crippen molar-refractivity contribution in [2.45, 2.75) is 19.9 Å². The third-order valence-electron chi connectivity index (χ3n) is 1.92. The van der Waals surface area contributed by atoms with E-state index >= 15 is 0 Å². The summed E-state index contributed by atoms with van der Waals surface area (Å²) in [6.45, 7) is 2.39. The first-order valence-corrected chi connectivity index (χ1v) is 4.63. The Kier molecular flexibility index (Phi) is 4.13. The van der Waals surface area contributed by atoms with Gasteiger partial charge in [-0.3, -0.25) is 4.79 Å². The molecule has 0 spiro atoms. The molecule has 0 aliphatic carbocycles. The van der Waals surface area contributed by atoms with Crippen molar-refractivity contribution >= 4 is 5.97 Å². The highest BCUT2D eigenvalue weighted by Gasteiger charge is 1.96. The van der Waals surface area contributed by atoms with Gasteiger partial charge < -0.3 is 10.5 Å². The standard InChI is InChI=1S/C11H15NO2/c1-9(13)14-6-5-10-3-2-4-11(7-10)8-12/h2-4,7H,5-6,8,12H2,1H3. The summed E-state index contributed by atoms with van der Waals surface area (Å²) in [5.41, 5.74) is 7.76. The second kappa shape index (κ2) is 5.40. The fourth-order valence-electron chi connectivity index (χ4n) is 1.22. The lowest BCUT2D eigenvalue weighted by atomic mass is 10.1. The van der Waals surface area contributed by atoms with E-state index < -0.39 is 0 Å². The smallest absolute Gasteiger partial charge is 0.302 e. The molecule has 14 heavy (non-hydrogen) atoms. The highest BCUT2D eigenvalue weighted by atomic mass is 16.5. The Balaban J connectivity index is 2.46. The number of hydrogen-bond donors (Lipinski definition) is 1. The molecule has 1 aromatic rings. The molecular formula is C11H15NO2. The van der Waals surface area contributed by atoms with Crippen LogP contribution in [0.3, 0.4) is 0 Å². The van der Waals surface area contributed by atoms with Crippen LogP contribution in [0.5, 0.6) is 0 Å². The van der Waals surface area contributed by atoms with Gasteiger partial charge >= 0.3 is 5.97 Å². The first-order chi connectivity index (χ1) is 6.72. The molecule has 0 fully saturated rings. The van der Waals surface area contributed by atoms with Crippen LogP contribution in [0.25, 0.3) is 0 Å². The number of benzene rings is 1. The maximum atomic E-state index is 10.5. The molecule has 1 aromatic carbocycles. The molecule has 2 N–H and O–H groups in total. The Morgan fingerprint density at radius 1 is 1.43 bits per heavy atom. The quantitative estimate of drug-likeness (QED) is 0.732. The maximum absolute atomic E-state index is 10.5. The molecule has 3 heteroatoms. The fraction of sp³-hybridized carbons (Fsp3) is 0.364. The summed E-state index contributed by atoms with van der Waals surface area (Å²) in [5, 5.41) is 0. The van der Waals surface area contributed by atoms with Crippen molar-refractivity contribution in [1.29, 1.82) is 0 Å². The molecule has 0 radical (unpaired) electrons. The summed E-state index contributed by atoms with van der Waals surface area (Å²) in [6, 6.07) is 7.98. The van der Waals surface area contributed by atoms with Crippen molar-refractivity contribution in [2.75, 3.05) is 6.61 Å². The van der Waals surface area contributed by atoms with Crippen LogP contribution in [0.1, 0.15) is 18.1 Å². The minimum atomic E-state index is -0.236. The molecule has 1 rings (SSSR count). The number of carbonyl (C=O) groups excluding carboxylic acids is 1. The molecule has 0 saturated heterocycles. The number of ether oxygens (including phenoxy) is 1. The largest absolute Gasteiger partial charge is 0.466 e. The minimum absolute atomic E-state index is 0.236. The Morgan fingerprint density at radius 3 is 2.79 bits per heavy atom. The average molecular weight is 193 g/mol. The van der Waals surface area contributed by atoms with Crippen molar-refractivity contribution in [3.8, 4) is 0 Å². The molecule has 0 aromatic heterocycles. The molecule has 0 aliphatic rings. The van der Waals surface area contributed by atoms with E-state index in [9.17, 15) is 4.79 Å². The summed E-state index contributed by atoms with van der Waals surface area (Å²) in [6.07, 6.45) is 0.743. The van der Waals surface area contributed by atoms with Crippen LogP contribution in [0.15, 0.2) is 24.3 Å². The first-order valence-electron chi connectivity index (χ1n) is 4.63. The van der Waals surface area contributed by atoms with Crippen LogP contribution in [-0.2, 0) is 22.5 Å². The second-order valence-electron chi connectivity index (χ2n) is 3.11. The van der Waals surface area contributed by atoms with E-state index in [0.717, 1.165) is 17.5 Å². The normalized spacial score (nSPS) is 9.86. The van der Waals surface area contributed by atoms with Gasteiger partial charge in [0.1, 0.15) is 0 Å². The number of hydrogen-bond acceptors (Lipinski definition) is 3. The number of carbonyl (C=O) groups is 1. The third kappa shape index (κ3) is 3.58. The molecule has 3 nitrogen and oxygen atoms in total. The zero-order chi connectivity index (χ0) is 10.4. The van der Waals surface area contributed by atoms with E-state index in [-0.39, 0.29) is 5.97 Å². The van der Waals surface area contributed by atoms with E-state index in [2.05, 4.69) is 0 Å². The zero-order valence-electron chi connectivity index (χ0n) is 8.32. The van der Waals surface area contributed by atoms with Crippen LogP contribution in [-0.4, -0.2) is 12.6 Å². The fourth-order valence-corrected chi connectivity index (χ4v) is 1.22. The monoisotopic (exact) mass is 193 g/mol. The predicted octanol–water partition coefficient (Wildman–Crippen LogP) is 1.25. The van der Waals surface area contributed by atoms with Crippen LogP contribution in [0.4, 0.5) is 0 Å². The summed E-state index contributed by atoms with van der Waals surface area (Å²) < 4.78 is 4.85. The summed E-state index contributed by atoms with van der Waals surface area (Å²) in [4.78, 5) is 10.5. The average Bonchev–Trinajstić information content (AvgIpc) is 2.18. The molecule has 0 aliphatic heterocycles. The molecule has 0 heterocycles. The van der Waals surface area contributed by atoms with Gasteiger partial charge in [0, 0.05) is 19.9 Å². The van der Waals surface area contributed by atoms with Gasteiger partial charge in [0.15, 0.2) is 0 Å². The Labute approximate surface area is 83.9 Å². The van der Waals surface area contributed by atoms with Crippen molar-refractivity contribution in [3.63, 3.8) is 0 Å². The Morgan fingerprint density at radius 2 is 2.14 bits per heavy atom. The lowest BCUT2D eigenvalue weighted by molar-refractivity contribution is -0.140. The summed E-state index contributed by atoms with van der Waals surface area (Å²) in [5.74, 6) is -0.236. The number of nitrogens with two attached hydrogens (primary N) is 1. The van der Waals surface area contributed by atoms with Gasteiger partial charge in [0.2, 0.25) is 0 Å². The van der Waals surface area contributed by atoms with Gasteiger partial charge in [-0.25, -0.2) is 0 Å². The molecule has 0 atom stereocenters. The Hall–Kier alpha value is -1.35. The highest BCUT2D eigenvalue weighted by Crippen LogP contribution is 2.05. The number of esters is 1. The lowest BCUT2D eigenvalue weighted by Crippen LogP contribution is -2.04. The topological polar surface area (TPSA) is 52.3 Å². The maximum Gasteiger partial charge on any atom is 0.302 e. The van der Waals surface area contributed by atoms with E-state index in [1.165, 1.54) is 6.92 Å². The van der Waals surface area contributed by atoms with Crippen molar-refractivity contribution in [1.82, 2.24) is 0 Å². The summed E-state index contributed by atoms with van der Waals surface area (Å²) >= 11 is 0. The molecule has 0 unspecified atom stereocenters. The highest BCUT2D eigenvalue weighted by molar-refractivity contribution is 5.65. The third-order valence-corrected chi connectivity index (χ3v) is 1.92. The zero-order valence-corrected chi connectivity index (χ0v) is 8.32. The van der Waals surface area contributed by atoms with Gasteiger partial charge in [-0.15, -0.1) is 0 Å². The Bertz CT molecular complexity index is 310. The predicted molar refractivity (Wildman–Crippen MR) is 54.7 cm³/mol. The van der Waals surface area contributed by atoms with E-state index in [0.29, 0.717) is 13.2 Å². The molecule has 0 amide bonds. The van der Waals surface area contributed by atoms with Crippen LogP contribution in [0.2, 0.25) is 0 Å². The number of rotatable bonds is 4. The van der Waals surface area contributed by atoms with Gasteiger partial charge in [0.05, 0.1) is 6.61 Å². The molecular weight excluding hydrogens is 178 g/mol. The van der Waals surface area contributed by atoms with E-state index in [1.54, 1.807) is 0 Å². The molecule has 0 saturated carbocycles. The van der Waals surface area contributed by atoms with Crippen molar-refractivity contribution < 1.29 is 9.53 Å². The van der Waals surface area contributed by atoms with Crippen molar-refractivity contribution in [2.24, 2.45) is 5.73 Å². The molecule has 0 bridgehead atoms. The van der Waals surface area contributed by atoms with Gasteiger partial charge in [-0.05, 0) is 11.1 Å². The van der Waals surface area contributed by atoms with Gasteiger partial charge in [-0.1, -0.05) is 24.3 Å². The van der Waals surface area contributed by atoms with E-state index in [4.69, 9.17) is 10.5 Å². The van der Waals surface area contributed by atoms with Crippen LogP contribution in [0, 0.1) is 0 Å².